The molecule has 2 heterocycles. The van der Waals surface area contributed by atoms with E-state index in [1.54, 1.807) is 12.3 Å². The predicted molar refractivity (Wildman–Crippen MR) is 87.2 cm³/mol. The molecule has 2 aromatic rings. The van der Waals surface area contributed by atoms with Gasteiger partial charge in [-0.15, -0.1) is 10.2 Å². The summed E-state index contributed by atoms with van der Waals surface area (Å²) in [6.07, 6.45) is 4.31. The topological polar surface area (TPSA) is 116 Å². The number of nitrogens with two attached hydrogens (primary N) is 1. The molecule has 0 saturated heterocycles. The third kappa shape index (κ3) is 4.60. The average molecular weight is 349 g/mol. The number of hydrogen-bond donors (Lipinski definition) is 2. The van der Waals surface area contributed by atoms with Gasteiger partial charge in [-0.2, -0.15) is 0 Å². The maximum absolute atomic E-state index is 11.8. The molecule has 2 aromatic heterocycles. The summed E-state index contributed by atoms with van der Waals surface area (Å²) >= 11 is 1.32. The van der Waals surface area contributed by atoms with E-state index in [1.165, 1.54) is 11.8 Å². The zero-order valence-corrected chi connectivity index (χ0v) is 13.9. The second-order valence-electron chi connectivity index (χ2n) is 5.66. The second kappa shape index (κ2) is 7.52. The summed E-state index contributed by atoms with van der Waals surface area (Å²) in [4.78, 5) is 22.9. The Hall–Kier alpha value is -2.29. The normalized spacial score (nSPS) is 13.8. The van der Waals surface area contributed by atoms with Gasteiger partial charge in [0.2, 0.25) is 11.8 Å². The highest BCUT2D eigenvalue weighted by Gasteiger charge is 2.23. The van der Waals surface area contributed by atoms with E-state index in [0.29, 0.717) is 30.0 Å². The first-order valence-corrected chi connectivity index (χ1v) is 8.75. The number of hydrogen-bond acceptors (Lipinski definition) is 6. The molecule has 2 amide bonds. The van der Waals surface area contributed by atoms with Crippen molar-refractivity contribution in [3.8, 4) is 0 Å². The number of nitrogens with zero attached hydrogens (tertiary/aromatic N) is 3. The zero-order chi connectivity index (χ0) is 16.9. The Morgan fingerprint density at radius 1 is 1.42 bits per heavy atom. The first-order valence-electron chi connectivity index (χ1n) is 7.76. The van der Waals surface area contributed by atoms with Gasteiger partial charge in [0, 0.05) is 18.9 Å². The van der Waals surface area contributed by atoms with Gasteiger partial charge >= 0.3 is 0 Å². The number of nitrogens with one attached hydrogen (secondary N) is 1. The van der Waals surface area contributed by atoms with Crippen molar-refractivity contribution in [2.24, 2.45) is 5.73 Å². The number of aromatic nitrogens is 3. The summed E-state index contributed by atoms with van der Waals surface area (Å²) < 4.78 is 7.23. The van der Waals surface area contributed by atoms with E-state index < -0.39 is 0 Å². The highest BCUT2D eigenvalue weighted by atomic mass is 32.2. The minimum atomic E-state index is -0.388. The summed E-state index contributed by atoms with van der Waals surface area (Å²) in [6.45, 7) is 0.445. The molecule has 0 bridgehead atoms. The lowest BCUT2D eigenvalue weighted by Gasteiger charge is -2.08. The first kappa shape index (κ1) is 16.6. The van der Waals surface area contributed by atoms with Gasteiger partial charge in [0.05, 0.1) is 18.6 Å². The minimum absolute atomic E-state index is 0.00580. The fourth-order valence-electron chi connectivity index (χ4n) is 2.19. The van der Waals surface area contributed by atoms with Crippen LogP contribution < -0.4 is 11.1 Å². The lowest BCUT2D eigenvalue weighted by atomic mass is 10.3. The maximum atomic E-state index is 11.8. The zero-order valence-electron chi connectivity index (χ0n) is 13.1. The molecule has 9 heteroatoms. The Bertz CT molecular complexity index is 709. The number of furan rings is 1. The highest BCUT2D eigenvalue weighted by Crippen LogP contribution is 2.22. The van der Waals surface area contributed by atoms with Crippen molar-refractivity contribution < 1.29 is 14.0 Å². The van der Waals surface area contributed by atoms with Gasteiger partial charge in [-0.05, 0) is 25.0 Å². The van der Waals surface area contributed by atoms with Crippen LogP contribution in [0, 0.1) is 0 Å². The van der Waals surface area contributed by atoms with E-state index in [0.717, 1.165) is 18.6 Å². The number of carbonyl (C=O) groups is 2. The molecule has 0 atom stereocenters. The summed E-state index contributed by atoms with van der Waals surface area (Å²) in [6, 6.07) is 4.00. The Kier molecular flexibility index (Phi) is 5.19. The number of carbonyl (C=O) groups excluding carboxylic acids is 2. The van der Waals surface area contributed by atoms with Crippen LogP contribution in [-0.2, 0) is 22.6 Å². The third-order valence-corrected chi connectivity index (χ3v) is 4.52. The lowest BCUT2D eigenvalue weighted by molar-refractivity contribution is -0.119. The van der Waals surface area contributed by atoms with E-state index in [-0.39, 0.29) is 24.0 Å². The largest absolute Gasteiger partial charge is 0.467 e. The van der Waals surface area contributed by atoms with Crippen LogP contribution in [0.2, 0.25) is 0 Å². The highest BCUT2D eigenvalue weighted by molar-refractivity contribution is 7.99. The molecule has 3 rings (SSSR count). The Balaban J connectivity index is 1.68. The van der Waals surface area contributed by atoms with Crippen molar-refractivity contribution in [1.82, 2.24) is 20.1 Å². The SMILES string of the molecule is NC(=O)CCc1nnc(SCC(=O)NC2CC2)n1Cc1ccco1. The summed E-state index contributed by atoms with van der Waals surface area (Å²) in [5, 5.41) is 11.8. The monoisotopic (exact) mass is 349 g/mol. The van der Waals surface area contributed by atoms with Crippen LogP contribution in [0.3, 0.4) is 0 Å². The molecule has 0 aromatic carbocycles. The summed E-state index contributed by atoms with van der Waals surface area (Å²) in [5.74, 6) is 1.28. The molecule has 0 radical (unpaired) electrons. The van der Waals surface area contributed by atoms with E-state index >= 15 is 0 Å². The van der Waals surface area contributed by atoms with Crippen LogP contribution in [0.1, 0.15) is 30.8 Å². The average Bonchev–Trinajstić information content (AvgIpc) is 3.07. The van der Waals surface area contributed by atoms with Crippen molar-refractivity contribution in [3.05, 3.63) is 30.0 Å². The molecule has 1 fully saturated rings. The van der Waals surface area contributed by atoms with Gasteiger partial charge in [-0.25, -0.2) is 0 Å². The van der Waals surface area contributed by atoms with Gasteiger partial charge in [0.1, 0.15) is 11.6 Å². The van der Waals surface area contributed by atoms with Crippen molar-refractivity contribution in [2.75, 3.05) is 5.75 Å². The predicted octanol–water partition coefficient (Wildman–Crippen LogP) is 0.708. The van der Waals surface area contributed by atoms with Gasteiger partial charge in [-0.3, -0.25) is 14.2 Å². The molecule has 0 spiro atoms. The smallest absolute Gasteiger partial charge is 0.230 e. The minimum Gasteiger partial charge on any atom is -0.467 e. The van der Waals surface area contributed by atoms with E-state index in [1.807, 2.05) is 10.6 Å². The standard InChI is InChI=1S/C15H19N5O3S/c16-12(21)5-6-13-18-19-15(20(13)8-11-2-1-7-23-11)24-9-14(22)17-10-3-4-10/h1-2,7,10H,3-6,8-9H2,(H2,16,21)(H,17,22). The Morgan fingerprint density at radius 3 is 2.92 bits per heavy atom. The van der Waals surface area contributed by atoms with Crippen LogP contribution in [0.25, 0.3) is 0 Å². The van der Waals surface area contributed by atoms with Crippen molar-refractivity contribution in [3.63, 3.8) is 0 Å². The molecule has 24 heavy (non-hydrogen) atoms. The third-order valence-electron chi connectivity index (χ3n) is 3.56. The molecule has 3 N–H and O–H groups in total. The number of primary amides is 1. The Morgan fingerprint density at radius 2 is 2.25 bits per heavy atom. The van der Waals surface area contributed by atoms with Gasteiger partial charge < -0.3 is 15.5 Å². The number of amides is 2. The molecular weight excluding hydrogens is 330 g/mol. The molecular formula is C15H19N5O3S. The fraction of sp³-hybridized carbons (Fsp3) is 0.467. The van der Waals surface area contributed by atoms with Crippen LogP contribution in [0.4, 0.5) is 0 Å². The van der Waals surface area contributed by atoms with Crippen LogP contribution in [0.5, 0.6) is 0 Å². The maximum Gasteiger partial charge on any atom is 0.230 e. The number of rotatable bonds is 9. The van der Waals surface area contributed by atoms with Gasteiger partial charge in [0.25, 0.3) is 0 Å². The molecule has 0 unspecified atom stereocenters. The molecule has 8 nitrogen and oxygen atoms in total. The molecule has 1 aliphatic rings. The first-order chi connectivity index (χ1) is 11.6. The van der Waals surface area contributed by atoms with E-state index in [2.05, 4.69) is 15.5 Å². The van der Waals surface area contributed by atoms with Crippen molar-refractivity contribution >= 4 is 23.6 Å². The molecule has 128 valence electrons. The summed E-state index contributed by atoms with van der Waals surface area (Å²) in [7, 11) is 0. The fourth-order valence-corrected chi connectivity index (χ4v) is 2.96. The lowest BCUT2D eigenvalue weighted by Crippen LogP contribution is -2.27. The number of aryl methyl sites for hydroxylation is 1. The number of thioether (sulfide) groups is 1. The molecule has 1 aliphatic carbocycles. The van der Waals surface area contributed by atoms with Crippen LogP contribution in [-0.4, -0.2) is 38.4 Å². The summed E-state index contributed by atoms with van der Waals surface area (Å²) in [5.41, 5.74) is 5.21. The van der Waals surface area contributed by atoms with Crippen molar-refractivity contribution in [2.45, 2.75) is 43.4 Å². The Labute approximate surface area is 143 Å². The van der Waals surface area contributed by atoms with Gasteiger partial charge in [0.15, 0.2) is 5.16 Å². The quantitative estimate of drug-likeness (QED) is 0.644. The second-order valence-corrected chi connectivity index (χ2v) is 6.60. The van der Waals surface area contributed by atoms with Crippen LogP contribution >= 0.6 is 11.8 Å². The van der Waals surface area contributed by atoms with Crippen LogP contribution in [0.15, 0.2) is 28.0 Å². The molecule has 0 aliphatic heterocycles. The van der Waals surface area contributed by atoms with E-state index in [9.17, 15) is 9.59 Å². The van der Waals surface area contributed by atoms with Crippen molar-refractivity contribution in [1.29, 1.82) is 0 Å². The van der Waals surface area contributed by atoms with E-state index in [4.69, 9.17) is 10.2 Å². The molecule has 1 saturated carbocycles. The van der Waals surface area contributed by atoms with Gasteiger partial charge in [-0.1, -0.05) is 11.8 Å².